The molecule has 0 spiro atoms. The summed E-state index contributed by atoms with van der Waals surface area (Å²) in [4.78, 5) is 10.2. The summed E-state index contributed by atoms with van der Waals surface area (Å²) in [5, 5.41) is 19.9. The highest BCUT2D eigenvalue weighted by molar-refractivity contribution is 5.68. The van der Waals surface area contributed by atoms with Crippen LogP contribution in [0.4, 0.5) is 0 Å². The number of hydrogen-bond donors (Lipinski definition) is 3. The van der Waals surface area contributed by atoms with E-state index in [0.29, 0.717) is 6.61 Å². The second-order valence-corrected chi connectivity index (χ2v) is 3.55. The van der Waals surface area contributed by atoms with E-state index in [1.54, 1.807) is 0 Å². The van der Waals surface area contributed by atoms with Crippen LogP contribution in [0.15, 0.2) is 11.6 Å². The van der Waals surface area contributed by atoms with Crippen LogP contribution >= 0.6 is 0 Å². The van der Waals surface area contributed by atoms with Crippen molar-refractivity contribution in [1.82, 2.24) is 5.32 Å². The first-order valence-corrected chi connectivity index (χ1v) is 5.11. The lowest BCUT2D eigenvalue weighted by atomic mass is 10.0. The van der Waals surface area contributed by atoms with Crippen LogP contribution in [0, 0.1) is 0 Å². The lowest BCUT2D eigenvalue weighted by Gasteiger charge is -2.16. The molecule has 86 valence electrons. The Morgan fingerprint density at radius 2 is 2.40 bits per heavy atom. The second kappa shape index (κ2) is 6.55. The Morgan fingerprint density at radius 1 is 1.60 bits per heavy atom. The lowest BCUT2D eigenvalue weighted by Crippen LogP contribution is -2.35. The quantitative estimate of drug-likeness (QED) is 0.443. The zero-order valence-electron chi connectivity index (χ0n) is 8.61. The van der Waals surface area contributed by atoms with Gasteiger partial charge in [0.15, 0.2) is 0 Å². The molecular weight excluding hydrogens is 198 g/mol. The van der Waals surface area contributed by atoms with Crippen LogP contribution in [-0.2, 0) is 9.53 Å². The maximum atomic E-state index is 10.2. The fraction of sp³-hybridized carbons (Fsp3) is 0.700. The number of rotatable bonds is 6. The van der Waals surface area contributed by atoms with Gasteiger partial charge >= 0.3 is 5.97 Å². The lowest BCUT2D eigenvalue weighted by molar-refractivity contribution is -0.143. The Balaban J connectivity index is 2.12. The highest BCUT2D eigenvalue weighted by atomic mass is 16.6. The van der Waals surface area contributed by atoms with Crippen molar-refractivity contribution >= 4 is 5.97 Å². The van der Waals surface area contributed by atoms with Gasteiger partial charge < -0.3 is 14.9 Å². The third-order valence-electron chi connectivity index (χ3n) is 2.24. The van der Waals surface area contributed by atoms with Crippen LogP contribution in [0.2, 0.25) is 0 Å². The normalized spacial score (nSPS) is 18.3. The highest BCUT2D eigenvalue weighted by Gasteiger charge is 2.08. The van der Waals surface area contributed by atoms with E-state index in [2.05, 4.69) is 11.4 Å². The molecule has 0 aromatic carbocycles. The van der Waals surface area contributed by atoms with E-state index in [9.17, 15) is 9.90 Å². The van der Waals surface area contributed by atoms with Crippen molar-refractivity contribution in [3.05, 3.63) is 11.6 Å². The molecule has 1 aliphatic carbocycles. The minimum absolute atomic E-state index is 0.305. The van der Waals surface area contributed by atoms with Gasteiger partial charge in [0.05, 0.1) is 13.2 Å². The smallest absolute Gasteiger partial charge is 0.317 e. The number of aliphatic carboxylic acids is 1. The first kappa shape index (κ1) is 12.2. The van der Waals surface area contributed by atoms with Gasteiger partial charge in [0.1, 0.15) is 0 Å². The molecule has 1 atom stereocenters. The molecule has 3 N–H and O–H groups in total. The molecule has 1 unspecified atom stereocenters. The Hall–Kier alpha value is -0.910. The number of carboxylic acids is 1. The van der Waals surface area contributed by atoms with E-state index in [1.807, 2.05) is 0 Å². The number of allylic oxidation sites excluding steroid dienone is 1. The van der Waals surface area contributed by atoms with Crippen LogP contribution in [0.3, 0.4) is 0 Å². The van der Waals surface area contributed by atoms with Crippen molar-refractivity contribution in [1.29, 1.82) is 0 Å². The molecule has 5 nitrogen and oxygen atoms in total. The predicted octanol–water partition coefficient (Wildman–Crippen LogP) is 0.453. The van der Waals surface area contributed by atoms with E-state index in [0.717, 1.165) is 19.3 Å². The summed E-state index contributed by atoms with van der Waals surface area (Å²) in [6, 6.07) is 0. The Morgan fingerprint density at radius 3 is 3.00 bits per heavy atom. The molecule has 0 bridgehead atoms. The van der Waals surface area contributed by atoms with E-state index < -0.39 is 12.4 Å². The summed E-state index contributed by atoms with van der Waals surface area (Å²) in [6.45, 7) is 0.0635. The van der Waals surface area contributed by atoms with Crippen LogP contribution in [0.25, 0.3) is 0 Å². The summed E-state index contributed by atoms with van der Waals surface area (Å²) < 4.78 is 5.04. The van der Waals surface area contributed by atoms with Crippen molar-refractivity contribution in [2.24, 2.45) is 0 Å². The first-order valence-electron chi connectivity index (χ1n) is 5.11. The largest absolute Gasteiger partial charge is 0.480 e. The number of aliphatic hydroxyl groups excluding tert-OH is 1. The molecule has 0 heterocycles. The van der Waals surface area contributed by atoms with Gasteiger partial charge in [-0.3, -0.25) is 10.1 Å². The predicted molar refractivity (Wildman–Crippen MR) is 54.1 cm³/mol. The molecule has 0 fully saturated rings. The van der Waals surface area contributed by atoms with Crippen molar-refractivity contribution < 1.29 is 19.7 Å². The fourth-order valence-electron chi connectivity index (χ4n) is 1.46. The number of aliphatic hydroxyl groups is 1. The average Bonchev–Trinajstić information content (AvgIpc) is 2.25. The SMILES string of the molecule is O=C(O)CNC(O)OCC1=CCCCC1. The second-order valence-electron chi connectivity index (χ2n) is 3.55. The number of ether oxygens (including phenoxy) is 1. The van der Waals surface area contributed by atoms with Crippen LogP contribution in [0.5, 0.6) is 0 Å². The number of nitrogens with one attached hydrogen (secondary N) is 1. The van der Waals surface area contributed by atoms with Gasteiger partial charge in [-0.15, -0.1) is 0 Å². The molecule has 0 aromatic rings. The highest BCUT2D eigenvalue weighted by Crippen LogP contribution is 2.17. The van der Waals surface area contributed by atoms with E-state index in [1.165, 1.54) is 12.0 Å². The van der Waals surface area contributed by atoms with Gasteiger partial charge in [0.2, 0.25) is 6.41 Å². The zero-order chi connectivity index (χ0) is 11.1. The topological polar surface area (TPSA) is 78.8 Å². The van der Waals surface area contributed by atoms with E-state index in [-0.39, 0.29) is 6.54 Å². The molecule has 0 aliphatic heterocycles. The van der Waals surface area contributed by atoms with E-state index >= 15 is 0 Å². The third kappa shape index (κ3) is 5.51. The van der Waals surface area contributed by atoms with E-state index in [4.69, 9.17) is 9.84 Å². The average molecular weight is 215 g/mol. The minimum atomic E-state index is -1.20. The van der Waals surface area contributed by atoms with Gasteiger partial charge in [-0.1, -0.05) is 6.08 Å². The zero-order valence-corrected chi connectivity index (χ0v) is 8.61. The van der Waals surface area contributed by atoms with Gasteiger partial charge in [0, 0.05) is 0 Å². The molecule has 0 amide bonds. The molecule has 5 heteroatoms. The Bertz CT molecular complexity index is 240. The Labute approximate surface area is 88.7 Å². The number of hydrogen-bond acceptors (Lipinski definition) is 4. The molecule has 1 aliphatic rings. The van der Waals surface area contributed by atoms with Crippen molar-refractivity contribution in [3.63, 3.8) is 0 Å². The maximum absolute atomic E-state index is 10.2. The summed E-state index contributed by atoms with van der Waals surface area (Å²) >= 11 is 0. The Kier molecular flexibility index (Phi) is 5.31. The van der Waals surface area contributed by atoms with Crippen molar-refractivity contribution in [2.75, 3.05) is 13.2 Å². The number of carboxylic acid groups (broad SMARTS) is 1. The van der Waals surface area contributed by atoms with Gasteiger partial charge in [-0.2, -0.15) is 0 Å². The summed E-state index contributed by atoms with van der Waals surface area (Å²) in [7, 11) is 0. The molecule has 0 saturated carbocycles. The maximum Gasteiger partial charge on any atom is 0.317 e. The number of carbonyl (C=O) groups is 1. The molecule has 0 radical (unpaired) electrons. The van der Waals surface area contributed by atoms with Crippen LogP contribution < -0.4 is 5.32 Å². The summed E-state index contributed by atoms with van der Waals surface area (Å²) in [5.41, 5.74) is 1.18. The van der Waals surface area contributed by atoms with Crippen LogP contribution in [-0.4, -0.2) is 35.7 Å². The van der Waals surface area contributed by atoms with Gasteiger partial charge in [-0.05, 0) is 31.3 Å². The van der Waals surface area contributed by atoms with Crippen molar-refractivity contribution in [2.45, 2.75) is 32.1 Å². The molecule has 0 saturated heterocycles. The monoisotopic (exact) mass is 215 g/mol. The molecule has 15 heavy (non-hydrogen) atoms. The third-order valence-corrected chi connectivity index (χ3v) is 2.24. The molecule has 1 rings (SSSR count). The standard InChI is InChI=1S/C10H17NO4/c12-9(13)6-11-10(14)15-7-8-4-2-1-3-5-8/h4,10-11,14H,1-3,5-7H2,(H,12,13). The minimum Gasteiger partial charge on any atom is -0.480 e. The summed E-state index contributed by atoms with van der Waals surface area (Å²) in [5.74, 6) is -1.02. The van der Waals surface area contributed by atoms with Gasteiger partial charge in [0.25, 0.3) is 0 Å². The first-order chi connectivity index (χ1) is 7.18. The summed E-state index contributed by atoms with van der Waals surface area (Å²) in [6.07, 6.45) is 5.36. The van der Waals surface area contributed by atoms with Crippen molar-refractivity contribution in [3.8, 4) is 0 Å². The fourth-order valence-corrected chi connectivity index (χ4v) is 1.46. The van der Waals surface area contributed by atoms with Gasteiger partial charge in [-0.25, -0.2) is 0 Å². The molecular formula is C10H17NO4. The van der Waals surface area contributed by atoms with Crippen LogP contribution in [0.1, 0.15) is 25.7 Å². The molecule has 0 aromatic heterocycles.